The first-order chi connectivity index (χ1) is 17.7. The molecule has 196 valence electrons. The lowest BCUT2D eigenvalue weighted by Gasteiger charge is -2.38. The van der Waals surface area contributed by atoms with Crippen molar-refractivity contribution in [1.29, 1.82) is 0 Å². The Kier molecular flexibility index (Phi) is 6.74. The Balaban J connectivity index is 1.42. The highest BCUT2D eigenvalue weighted by atomic mass is 32.2. The van der Waals surface area contributed by atoms with E-state index in [0.29, 0.717) is 16.3 Å². The third kappa shape index (κ3) is 4.96. The number of sulfone groups is 1. The van der Waals surface area contributed by atoms with Crippen LogP contribution in [0, 0.1) is 0 Å². The van der Waals surface area contributed by atoms with Crippen molar-refractivity contribution in [3.05, 3.63) is 77.6 Å². The maximum Gasteiger partial charge on any atom is 0.190 e. The number of aromatic amines is 1. The zero-order valence-electron chi connectivity index (χ0n) is 21.5. The second-order valence-corrected chi connectivity index (χ2v) is 12.5. The van der Waals surface area contributed by atoms with Crippen LogP contribution in [0.25, 0.3) is 0 Å². The number of fused-ring (bicyclic) bond motifs is 1. The number of aromatic nitrogens is 1. The molecule has 2 aromatic carbocycles. The predicted molar refractivity (Wildman–Crippen MR) is 149 cm³/mol. The summed E-state index contributed by atoms with van der Waals surface area (Å²) in [6.07, 6.45) is 1.83. The number of benzene rings is 2. The second kappa shape index (κ2) is 9.85. The minimum Gasteiger partial charge on any atom is -0.369 e. The fourth-order valence-corrected chi connectivity index (χ4v) is 6.03. The van der Waals surface area contributed by atoms with Gasteiger partial charge in [0.1, 0.15) is 5.69 Å². The number of amidine groups is 1. The normalized spacial score (nSPS) is 21.5. The Morgan fingerprint density at radius 3 is 2.41 bits per heavy atom. The van der Waals surface area contributed by atoms with E-state index in [4.69, 9.17) is 10.7 Å². The van der Waals surface area contributed by atoms with Crippen LogP contribution in [0.15, 0.2) is 70.7 Å². The van der Waals surface area contributed by atoms with Gasteiger partial charge in [-0.3, -0.25) is 10.7 Å². The molecule has 0 saturated carbocycles. The van der Waals surface area contributed by atoms with Crippen LogP contribution in [-0.4, -0.2) is 62.6 Å². The Morgan fingerprint density at radius 2 is 1.70 bits per heavy atom. The minimum absolute atomic E-state index is 0.196. The van der Waals surface area contributed by atoms with Crippen molar-refractivity contribution in [2.75, 3.05) is 43.4 Å². The van der Waals surface area contributed by atoms with Crippen LogP contribution < -0.4 is 21.3 Å². The van der Waals surface area contributed by atoms with Gasteiger partial charge in [-0.25, -0.2) is 8.42 Å². The Bertz CT molecular complexity index is 1390. The quantitative estimate of drug-likeness (QED) is 0.394. The molecule has 10 heteroatoms. The van der Waals surface area contributed by atoms with Crippen LogP contribution in [-0.2, 0) is 22.2 Å². The molecule has 1 fully saturated rings. The van der Waals surface area contributed by atoms with E-state index in [-0.39, 0.29) is 6.54 Å². The first-order valence-electron chi connectivity index (χ1n) is 12.6. The topological polar surface area (TPSA) is 119 Å². The average Bonchev–Trinajstić information content (AvgIpc) is 3.36. The fourth-order valence-electron chi connectivity index (χ4n) is 4.76. The van der Waals surface area contributed by atoms with Gasteiger partial charge in [-0.05, 0) is 50.7 Å². The lowest BCUT2D eigenvalue weighted by molar-refractivity contribution is 0.313. The molecule has 9 nitrogen and oxygen atoms in total. The standard InChI is InChI=1S/C27H35N7O2S/c1-19(2)37(35,36)24-7-5-4-6-20(24)18-30-26-25-23(12-13-29-25)31-27(28,32-26)21-8-10-22(11-9-21)34-16-14-33(3)15-17-34/h4-13,19,29,31H,14-18,28H2,1-3H3,(H,30,32). The summed E-state index contributed by atoms with van der Waals surface area (Å²) in [5.74, 6) is -0.515. The van der Waals surface area contributed by atoms with Gasteiger partial charge in [-0.15, -0.1) is 0 Å². The van der Waals surface area contributed by atoms with Crippen LogP contribution in [0.2, 0.25) is 0 Å². The molecule has 2 aliphatic rings. The highest BCUT2D eigenvalue weighted by Gasteiger charge is 2.35. The van der Waals surface area contributed by atoms with Crippen molar-refractivity contribution in [2.24, 2.45) is 10.7 Å². The molecule has 3 heterocycles. The maximum atomic E-state index is 12.9. The number of anilines is 2. The van der Waals surface area contributed by atoms with Gasteiger partial charge in [0.25, 0.3) is 0 Å². The maximum absolute atomic E-state index is 12.9. The van der Waals surface area contributed by atoms with Gasteiger partial charge in [0, 0.05) is 43.6 Å². The number of hydrogen-bond donors (Lipinski definition) is 4. The van der Waals surface area contributed by atoms with Crippen LogP contribution in [0.1, 0.15) is 30.7 Å². The van der Waals surface area contributed by atoms with Crippen LogP contribution >= 0.6 is 0 Å². The highest BCUT2D eigenvalue weighted by molar-refractivity contribution is 7.92. The second-order valence-electron chi connectivity index (χ2n) is 10.0. The van der Waals surface area contributed by atoms with E-state index in [2.05, 4.69) is 44.6 Å². The summed E-state index contributed by atoms with van der Waals surface area (Å²) in [6, 6.07) is 17.2. The molecule has 1 saturated heterocycles. The van der Waals surface area contributed by atoms with Gasteiger partial charge in [0.15, 0.2) is 21.5 Å². The van der Waals surface area contributed by atoms with Crippen molar-refractivity contribution < 1.29 is 8.42 Å². The van der Waals surface area contributed by atoms with Crippen molar-refractivity contribution in [2.45, 2.75) is 36.3 Å². The third-order valence-electron chi connectivity index (χ3n) is 7.13. The highest BCUT2D eigenvalue weighted by Crippen LogP contribution is 2.30. The number of aliphatic imine (C=N–C) groups is 1. The SMILES string of the molecule is CC(C)S(=O)(=O)c1ccccc1CN=C1NC(N)(c2ccc(N3CCN(C)CC3)cc2)Nc2cc[nH]c21. The minimum atomic E-state index is -3.43. The Labute approximate surface area is 218 Å². The molecule has 1 atom stereocenters. The zero-order chi connectivity index (χ0) is 26.2. The smallest absolute Gasteiger partial charge is 0.190 e. The van der Waals surface area contributed by atoms with E-state index in [1.807, 2.05) is 36.5 Å². The monoisotopic (exact) mass is 521 g/mol. The molecular formula is C27H35N7O2S. The number of piperazine rings is 1. The van der Waals surface area contributed by atoms with Crippen LogP contribution in [0.3, 0.4) is 0 Å². The Hall–Kier alpha value is -3.34. The summed E-state index contributed by atoms with van der Waals surface area (Å²) in [6.45, 7) is 7.66. The first kappa shape index (κ1) is 25.3. The molecule has 5 rings (SSSR count). The summed E-state index contributed by atoms with van der Waals surface area (Å²) in [5.41, 5.74) is 11.2. The van der Waals surface area contributed by atoms with Crippen molar-refractivity contribution in [1.82, 2.24) is 15.2 Å². The average molecular weight is 522 g/mol. The molecule has 0 aliphatic carbocycles. The molecular weight excluding hydrogens is 486 g/mol. The number of H-pyrrole nitrogens is 1. The van der Waals surface area contributed by atoms with E-state index < -0.39 is 20.9 Å². The molecule has 3 aromatic rings. The molecule has 1 aromatic heterocycles. The molecule has 5 N–H and O–H groups in total. The van der Waals surface area contributed by atoms with E-state index in [9.17, 15) is 8.42 Å². The van der Waals surface area contributed by atoms with Gasteiger partial charge < -0.3 is 25.4 Å². The van der Waals surface area contributed by atoms with Crippen molar-refractivity contribution >= 4 is 27.0 Å². The van der Waals surface area contributed by atoms with Gasteiger partial charge in [-0.1, -0.05) is 30.3 Å². The van der Waals surface area contributed by atoms with Crippen LogP contribution in [0.5, 0.6) is 0 Å². The third-order valence-corrected chi connectivity index (χ3v) is 9.38. The number of nitrogens with one attached hydrogen (secondary N) is 3. The summed E-state index contributed by atoms with van der Waals surface area (Å²) < 4.78 is 25.8. The number of nitrogens with two attached hydrogens (primary N) is 1. The van der Waals surface area contributed by atoms with Gasteiger partial charge >= 0.3 is 0 Å². The first-order valence-corrected chi connectivity index (χ1v) is 14.2. The van der Waals surface area contributed by atoms with Crippen molar-refractivity contribution in [3.63, 3.8) is 0 Å². The summed E-state index contributed by atoms with van der Waals surface area (Å²) in [7, 11) is -1.29. The van der Waals surface area contributed by atoms with Gasteiger partial charge in [-0.2, -0.15) is 0 Å². The van der Waals surface area contributed by atoms with Crippen molar-refractivity contribution in [3.8, 4) is 0 Å². The molecule has 0 radical (unpaired) electrons. The largest absolute Gasteiger partial charge is 0.369 e. The molecule has 37 heavy (non-hydrogen) atoms. The van der Waals surface area contributed by atoms with E-state index in [1.165, 1.54) is 5.69 Å². The van der Waals surface area contributed by atoms with E-state index in [0.717, 1.165) is 43.1 Å². The van der Waals surface area contributed by atoms with Gasteiger partial charge in [0.05, 0.1) is 22.4 Å². The summed E-state index contributed by atoms with van der Waals surface area (Å²) in [4.78, 5) is 13.0. The Morgan fingerprint density at radius 1 is 1.00 bits per heavy atom. The summed E-state index contributed by atoms with van der Waals surface area (Å²) in [5, 5.41) is 6.24. The molecule has 2 aliphatic heterocycles. The lowest BCUT2D eigenvalue weighted by Crippen LogP contribution is -2.61. The number of nitrogens with zero attached hydrogens (tertiary/aromatic N) is 3. The predicted octanol–water partition coefficient (Wildman–Crippen LogP) is 2.68. The number of likely N-dealkylation sites (N-methyl/N-ethyl adjacent to an activating group) is 1. The molecule has 1 unspecified atom stereocenters. The molecule has 0 bridgehead atoms. The fraction of sp³-hybridized carbons (Fsp3) is 0.370. The number of hydrogen-bond acceptors (Lipinski definition) is 7. The zero-order valence-corrected chi connectivity index (χ0v) is 22.3. The van der Waals surface area contributed by atoms with E-state index in [1.54, 1.807) is 26.0 Å². The summed E-state index contributed by atoms with van der Waals surface area (Å²) >= 11 is 0. The lowest BCUT2D eigenvalue weighted by atomic mass is 10.0. The van der Waals surface area contributed by atoms with Gasteiger partial charge in [0.2, 0.25) is 0 Å². The number of rotatable bonds is 6. The van der Waals surface area contributed by atoms with Crippen LogP contribution in [0.4, 0.5) is 11.4 Å². The van der Waals surface area contributed by atoms with E-state index >= 15 is 0 Å². The molecule has 0 amide bonds. The molecule has 0 spiro atoms.